The Labute approximate surface area is 171 Å². The molecule has 1 aromatic carbocycles. The smallest absolute Gasteiger partial charge is 0.214 e. The highest BCUT2D eigenvalue weighted by molar-refractivity contribution is 7.89. The summed E-state index contributed by atoms with van der Waals surface area (Å²) < 4.78 is 33.7. The molecule has 1 fully saturated rings. The van der Waals surface area contributed by atoms with Gasteiger partial charge < -0.3 is 9.30 Å². The highest BCUT2D eigenvalue weighted by atomic mass is 32.2. The van der Waals surface area contributed by atoms with E-state index in [1.165, 1.54) is 4.31 Å². The highest BCUT2D eigenvalue weighted by Crippen LogP contribution is 2.32. The number of sulfonamides is 1. The Bertz CT molecular complexity index is 1060. The molecule has 3 aromatic rings. The van der Waals surface area contributed by atoms with Crippen LogP contribution in [-0.4, -0.2) is 60.3 Å². The number of benzene rings is 1. The van der Waals surface area contributed by atoms with Gasteiger partial charge in [0.15, 0.2) is 0 Å². The molecule has 1 aliphatic rings. The van der Waals surface area contributed by atoms with Gasteiger partial charge in [0.1, 0.15) is 5.82 Å². The van der Waals surface area contributed by atoms with Crippen LogP contribution in [0.1, 0.15) is 6.04 Å². The summed E-state index contributed by atoms with van der Waals surface area (Å²) in [6.45, 7) is 0.903. The number of ether oxygens (including phenoxy) is 1. The van der Waals surface area contributed by atoms with Gasteiger partial charge in [-0.2, -0.15) is 0 Å². The SMILES string of the molecule is CN(C)S(=O)(=O)C[C@@H]1COC[C@H]1n1ccnc1-c1ccc(-c2cccnc2)cc1. The lowest BCUT2D eigenvalue weighted by molar-refractivity contribution is 0.182. The minimum atomic E-state index is -3.31. The summed E-state index contributed by atoms with van der Waals surface area (Å²) >= 11 is 0. The van der Waals surface area contributed by atoms with Gasteiger partial charge in [0.25, 0.3) is 0 Å². The first-order valence-electron chi connectivity index (χ1n) is 9.47. The first-order valence-corrected chi connectivity index (χ1v) is 11.1. The molecule has 0 aliphatic carbocycles. The van der Waals surface area contributed by atoms with Gasteiger partial charge in [-0.3, -0.25) is 4.98 Å². The van der Waals surface area contributed by atoms with Gasteiger partial charge in [-0.25, -0.2) is 17.7 Å². The van der Waals surface area contributed by atoms with Crippen molar-refractivity contribution in [3.05, 3.63) is 61.2 Å². The van der Waals surface area contributed by atoms with Gasteiger partial charge in [0.2, 0.25) is 10.0 Å². The lowest BCUT2D eigenvalue weighted by Crippen LogP contribution is -2.32. The van der Waals surface area contributed by atoms with Crippen molar-refractivity contribution in [1.29, 1.82) is 0 Å². The Balaban J connectivity index is 1.60. The number of nitrogens with zero attached hydrogens (tertiary/aromatic N) is 4. The summed E-state index contributed by atoms with van der Waals surface area (Å²) in [5, 5.41) is 0. The maximum absolute atomic E-state index is 12.4. The first kappa shape index (κ1) is 19.8. The second-order valence-electron chi connectivity index (χ2n) is 7.40. The average Bonchev–Trinajstić information content (AvgIpc) is 3.37. The Morgan fingerprint density at radius 3 is 2.52 bits per heavy atom. The number of imidazole rings is 1. The number of aromatic nitrogens is 3. The molecule has 0 unspecified atom stereocenters. The van der Waals surface area contributed by atoms with E-state index in [0.717, 1.165) is 22.5 Å². The van der Waals surface area contributed by atoms with Gasteiger partial charge in [0, 0.05) is 50.4 Å². The van der Waals surface area contributed by atoms with Crippen LogP contribution in [0, 0.1) is 5.92 Å². The van der Waals surface area contributed by atoms with E-state index in [1.807, 2.05) is 53.4 Å². The van der Waals surface area contributed by atoms with E-state index in [4.69, 9.17) is 4.74 Å². The lowest BCUT2D eigenvalue weighted by Gasteiger charge is -2.22. The van der Waals surface area contributed by atoms with Crippen LogP contribution in [0.4, 0.5) is 0 Å². The maximum Gasteiger partial charge on any atom is 0.214 e. The van der Waals surface area contributed by atoms with E-state index < -0.39 is 10.0 Å². The third kappa shape index (κ3) is 4.10. The zero-order valence-corrected chi connectivity index (χ0v) is 17.3. The van der Waals surface area contributed by atoms with Crippen LogP contribution in [0.15, 0.2) is 61.2 Å². The topological polar surface area (TPSA) is 77.3 Å². The second-order valence-corrected chi connectivity index (χ2v) is 9.63. The Morgan fingerprint density at radius 2 is 1.83 bits per heavy atom. The van der Waals surface area contributed by atoms with E-state index in [-0.39, 0.29) is 17.7 Å². The van der Waals surface area contributed by atoms with Crippen molar-refractivity contribution >= 4 is 10.0 Å². The van der Waals surface area contributed by atoms with Gasteiger partial charge in [-0.15, -0.1) is 0 Å². The number of hydrogen-bond donors (Lipinski definition) is 0. The summed E-state index contributed by atoms with van der Waals surface area (Å²) in [7, 11) is -0.181. The molecule has 152 valence electrons. The van der Waals surface area contributed by atoms with Crippen LogP contribution < -0.4 is 0 Å². The molecular formula is C21H24N4O3S. The average molecular weight is 413 g/mol. The Hall–Kier alpha value is -2.55. The summed E-state index contributed by atoms with van der Waals surface area (Å²) in [6.07, 6.45) is 7.24. The molecule has 3 heterocycles. The van der Waals surface area contributed by atoms with E-state index in [0.29, 0.717) is 13.2 Å². The van der Waals surface area contributed by atoms with E-state index >= 15 is 0 Å². The van der Waals surface area contributed by atoms with Crippen LogP contribution in [0.2, 0.25) is 0 Å². The minimum Gasteiger partial charge on any atom is -0.379 e. The van der Waals surface area contributed by atoms with Gasteiger partial charge >= 0.3 is 0 Å². The van der Waals surface area contributed by atoms with E-state index in [9.17, 15) is 8.42 Å². The molecule has 0 radical (unpaired) electrons. The number of pyridine rings is 1. The van der Waals surface area contributed by atoms with Gasteiger partial charge in [-0.1, -0.05) is 30.3 Å². The monoisotopic (exact) mass is 412 g/mol. The summed E-state index contributed by atoms with van der Waals surface area (Å²) in [6, 6.07) is 12.0. The van der Waals surface area contributed by atoms with Crippen LogP contribution in [0.3, 0.4) is 0 Å². The fourth-order valence-corrected chi connectivity index (χ4v) is 4.78. The van der Waals surface area contributed by atoms with Crippen molar-refractivity contribution in [2.45, 2.75) is 6.04 Å². The van der Waals surface area contributed by atoms with Gasteiger partial charge in [0.05, 0.1) is 25.0 Å². The minimum absolute atomic E-state index is 0.0578. The van der Waals surface area contributed by atoms with Crippen molar-refractivity contribution in [3.8, 4) is 22.5 Å². The van der Waals surface area contributed by atoms with Gasteiger partial charge in [-0.05, 0) is 17.2 Å². The van der Waals surface area contributed by atoms with Crippen LogP contribution >= 0.6 is 0 Å². The quantitative estimate of drug-likeness (QED) is 0.622. The molecule has 0 amide bonds. The fourth-order valence-electron chi connectivity index (χ4n) is 3.62. The highest BCUT2D eigenvalue weighted by Gasteiger charge is 2.35. The molecule has 7 nitrogen and oxygen atoms in total. The zero-order valence-electron chi connectivity index (χ0n) is 16.5. The molecule has 0 spiro atoms. The molecule has 1 saturated heterocycles. The fraction of sp³-hybridized carbons (Fsp3) is 0.333. The van der Waals surface area contributed by atoms with Crippen molar-refractivity contribution < 1.29 is 13.2 Å². The number of hydrogen-bond acceptors (Lipinski definition) is 5. The van der Waals surface area contributed by atoms with Crippen molar-refractivity contribution in [2.24, 2.45) is 5.92 Å². The van der Waals surface area contributed by atoms with Crippen LogP contribution in [0.25, 0.3) is 22.5 Å². The summed E-state index contributed by atoms with van der Waals surface area (Å²) in [4.78, 5) is 8.70. The van der Waals surface area contributed by atoms with E-state index in [2.05, 4.69) is 9.97 Å². The molecule has 0 N–H and O–H groups in total. The van der Waals surface area contributed by atoms with Crippen molar-refractivity contribution in [3.63, 3.8) is 0 Å². The molecular weight excluding hydrogens is 388 g/mol. The summed E-state index contributed by atoms with van der Waals surface area (Å²) in [5.41, 5.74) is 3.11. The molecule has 0 bridgehead atoms. The zero-order chi connectivity index (χ0) is 20.4. The largest absolute Gasteiger partial charge is 0.379 e. The number of rotatable bonds is 6. The molecule has 29 heavy (non-hydrogen) atoms. The molecule has 8 heteroatoms. The third-order valence-electron chi connectivity index (χ3n) is 5.31. The first-order chi connectivity index (χ1) is 14.0. The predicted molar refractivity (Wildman–Crippen MR) is 112 cm³/mol. The van der Waals surface area contributed by atoms with Crippen LogP contribution in [-0.2, 0) is 14.8 Å². The molecule has 2 aromatic heterocycles. The molecule has 0 saturated carbocycles. The van der Waals surface area contributed by atoms with Crippen molar-refractivity contribution in [1.82, 2.24) is 18.8 Å². The van der Waals surface area contributed by atoms with Crippen molar-refractivity contribution in [2.75, 3.05) is 33.1 Å². The summed E-state index contributed by atoms with van der Waals surface area (Å²) in [5.74, 6) is 0.748. The molecule has 4 rings (SSSR count). The third-order valence-corrected chi connectivity index (χ3v) is 7.27. The predicted octanol–water partition coefficient (Wildman–Crippen LogP) is 2.69. The van der Waals surface area contributed by atoms with E-state index in [1.54, 1.807) is 26.5 Å². The molecule has 1 aliphatic heterocycles. The standard InChI is InChI=1S/C21H24N4O3S/c1-24(2)29(26,27)15-19-13-28-14-20(19)25-11-10-23-21(25)17-7-5-16(6-8-17)18-4-3-9-22-12-18/h3-12,19-20H,13-15H2,1-2H3/t19-,20+/m0/s1. The maximum atomic E-state index is 12.4. The lowest BCUT2D eigenvalue weighted by atomic mass is 10.0. The Morgan fingerprint density at radius 1 is 1.07 bits per heavy atom. The molecule has 2 atom stereocenters. The second kappa shape index (κ2) is 8.06. The normalized spacial score (nSPS) is 19.7. The Kier molecular flexibility index (Phi) is 5.49. The van der Waals surface area contributed by atoms with Crippen LogP contribution in [0.5, 0.6) is 0 Å².